The molecule has 1 heterocycles. The fraction of sp³-hybridized carbons (Fsp3) is 0.375. The Hall–Kier alpha value is -0.100. The lowest BCUT2D eigenvalue weighted by Gasteiger charge is -2.06. The van der Waals surface area contributed by atoms with Crippen molar-refractivity contribution in [1.82, 2.24) is 0 Å². The molecule has 1 aromatic heterocycles. The van der Waals surface area contributed by atoms with Gasteiger partial charge in [0.1, 0.15) is 0 Å². The number of rotatable bonds is 3. The van der Waals surface area contributed by atoms with Gasteiger partial charge < -0.3 is 10.5 Å². The van der Waals surface area contributed by atoms with Crippen molar-refractivity contribution < 1.29 is 9.53 Å². The van der Waals surface area contributed by atoms with Crippen molar-refractivity contribution in [1.29, 1.82) is 0 Å². The molecule has 0 radical (unpaired) electrons. The lowest BCUT2D eigenvalue weighted by molar-refractivity contribution is -0.141. The SMILES string of the molecule is COC(=O)C[C@H](N)c1cc(Br)cs1.Cl. The number of methoxy groups -OCH3 is 1. The predicted molar refractivity (Wildman–Crippen MR) is 62.8 cm³/mol. The van der Waals surface area contributed by atoms with Crippen LogP contribution in [0.25, 0.3) is 0 Å². The summed E-state index contributed by atoms with van der Waals surface area (Å²) in [5.41, 5.74) is 5.77. The minimum absolute atomic E-state index is 0. The van der Waals surface area contributed by atoms with Crippen LogP contribution in [0.2, 0.25) is 0 Å². The van der Waals surface area contributed by atoms with Crippen LogP contribution in [0.5, 0.6) is 0 Å². The number of ether oxygens (including phenoxy) is 1. The topological polar surface area (TPSA) is 52.3 Å². The maximum absolute atomic E-state index is 10.9. The van der Waals surface area contributed by atoms with Crippen LogP contribution in [0.15, 0.2) is 15.9 Å². The van der Waals surface area contributed by atoms with Crippen LogP contribution in [0.4, 0.5) is 0 Å². The largest absolute Gasteiger partial charge is 0.469 e. The first-order chi connectivity index (χ1) is 6.13. The molecule has 2 N–H and O–H groups in total. The van der Waals surface area contributed by atoms with E-state index in [1.807, 2.05) is 11.4 Å². The molecule has 1 aromatic rings. The molecular weight excluding hydrogens is 290 g/mol. The smallest absolute Gasteiger partial charge is 0.307 e. The van der Waals surface area contributed by atoms with E-state index in [9.17, 15) is 4.79 Å². The lowest BCUT2D eigenvalue weighted by Crippen LogP contribution is -2.15. The van der Waals surface area contributed by atoms with Gasteiger partial charge in [-0.2, -0.15) is 0 Å². The average molecular weight is 301 g/mol. The van der Waals surface area contributed by atoms with Gasteiger partial charge in [-0.15, -0.1) is 23.7 Å². The molecule has 6 heteroatoms. The number of carbonyl (C=O) groups excluding carboxylic acids is 1. The Kier molecular flexibility index (Phi) is 6.35. The second-order valence-electron chi connectivity index (χ2n) is 2.55. The zero-order chi connectivity index (χ0) is 9.84. The monoisotopic (exact) mass is 299 g/mol. The second kappa shape index (κ2) is 6.40. The number of hydrogen-bond donors (Lipinski definition) is 1. The van der Waals surface area contributed by atoms with E-state index < -0.39 is 0 Å². The van der Waals surface area contributed by atoms with Gasteiger partial charge in [0, 0.05) is 20.8 Å². The standard InChI is InChI=1S/C8H10BrNO2S.ClH/c1-12-8(11)3-6(10)7-2-5(9)4-13-7;/h2,4,6H,3,10H2,1H3;1H/t6-;/m0./s1. The van der Waals surface area contributed by atoms with Gasteiger partial charge in [0.25, 0.3) is 0 Å². The first kappa shape index (κ1) is 13.9. The third-order valence-corrected chi connectivity index (χ3v) is 3.39. The van der Waals surface area contributed by atoms with Crippen LogP contribution in [-0.4, -0.2) is 13.1 Å². The van der Waals surface area contributed by atoms with Crippen LogP contribution in [0.1, 0.15) is 17.3 Å². The van der Waals surface area contributed by atoms with Gasteiger partial charge in [0.05, 0.1) is 13.5 Å². The summed E-state index contributed by atoms with van der Waals surface area (Å²) in [5, 5.41) is 1.94. The van der Waals surface area contributed by atoms with E-state index in [0.717, 1.165) is 9.35 Å². The first-order valence-corrected chi connectivity index (χ1v) is 5.37. The summed E-state index contributed by atoms with van der Waals surface area (Å²) in [6.45, 7) is 0. The Bertz CT molecular complexity index is 305. The van der Waals surface area contributed by atoms with Crippen molar-refractivity contribution >= 4 is 45.6 Å². The Morgan fingerprint density at radius 1 is 1.79 bits per heavy atom. The maximum Gasteiger partial charge on any atom is 0.307 e. The van der Waals surface area contributed by atoms with Crippen LogP contribution in [-0.2, 0) is 9.53 Å². The normalized spacial score (nSPS) is 11.6. The molecule has 0 saturated heterocycles. The van der Waals surface area contributed by atoms with Crippen LogP contribution in [0, 0.1) is 0 Å². The fourth-order valence-corrected chi connectivity index (χ4v) is 2.33. The third kappa shape index (κ3) is 3.96. The zero-order valence-electron chi connectivity index (χ0n) is 7.53. The van der Waals surface area contributed by atoms with E-state index >= 15 is 0 Å². The first-order valence-electron chi connectivity index (χ1n) is 3.70. The number of esters is 1. The molecule has 3 nitrogen and oxygen atoms in total. The highest BCUT2D eigenvalue weighted by atomic mass is 79.9. The van der Waals surface area contributed by atoms with Crippen molar-refractivity contribution in [3.8, 4) is 0 Å². The molecular formula is C8H11BrClNO2S. The van der Waals surface area contributed by atoms with Crippen LogP contribution < -0.4 is 5.73 Å². The number of hydrogen-bond acceptors (Lipinski definition) is 4. The Morgan fingerprint density at radius 2 is 2.43 bits per heavy atom. The van der Waals surface area contributed by atoms with Crippen molar-refractivity contribution in [3.05, 3.63) is 20.8 Å². The second-order valence-corrected chi connectivity index (χ2v) is 4.41. The molecule has 0 unspecified atom stereocenters. The van der Waals surface area contributed by atoms with Gasteiger partial charge >= 0.3 is 5.97 Å². The molecule has 14 heavy (non-hydrogen) atoms. The molecule has 0 aliphatic heterocycles. The van der Waals surface area contributed by atoms with E-state index in [0.29, 0.717) is 0 Å². The molecule has 0 aliphatic rings. The Morgan fingerprint density at radius 3 is 2.86 bits per heavy atom. The number of halogens is 2. The summed E-state index contributed by atoms with van der Waals surface area (Å²) in [4.78, 5) is 11.9. The summed E-state index contributed by atoms with van der Waals surface area (Å²) < 4.78 is 5.52. The maximum atomic E-state index is 10.9. The quantitative estimate of drug-likeness (QED) is 0.873. The molecule has 0 aliphatic carbocycles. The Balaban J connectivity index is 0.00000169. The minimum Gasteiger partial charge on any atom is -0.469 e. The molecule has 0 amide bonds. The van der Waals surface area contributed by atoms with Gasteiger partial charge in [0.15, 0.2) is 0 Å². The van der Waals surface area contributed by atoms with E-state index in [1.54, 1.807) is 0 Å². The highest BCUT2D eigenvalue weighted by Gasteiger charge is 2.13. The summed E-state index contributed by atoms with van der Waals surface area (Å²) in [6, 6.07) is 1.65. The number of carbonyl (C=O) groups is 1. The van der Waals surface area contributed by atoms with Crippen molar-refractivity contribution in [3.63, 3.8) is 0 Å². The van der Waals surface area contributed by atoms with Gasteiger partial charge in [-0.25, -0.2) is 0 Å². The zero-order valence-corrected chi connectivity index (χ0v) is 10.7. The van der Waals surface area contributed by atoms with Crippen LogP contribution in [0.3, 0.4) is 0 Å². The molecule has 0 spiro atoms. The van der Waals surface area contributed by atoms with E-state index in [4.69, 9.17) is 5.73 Å². The Labute approximate surface area is 101 Å². The average Bonchev–Trinajstić information content (AvgIpc) is 2.51. The molecule has 0 aromatic carbocycles. The fourth-order valence-electron chi connectivity index (χ4n) is 0.886. The predicted octanol–water partition coefficient (Wildman–Crippen LogP) is 2.50. The molecule has 1 atom stereocenters. The summed E-state index contributed by atoms with van der Waals surface area (Å²) in [5.74, 6) is -0.281. The van der Waals surface area contributed by atoms with Crippen molar-refractivity contribution in [2.75, 3.05) is 7.11 Å². The molecule has 1 rings (SSSR count). The van der Waals surface area contributed by atoms with Gasteiger partial charge in [-0.3, -0.25) is 4.79 Å². The molecule has 0 fully saturated rings. The van der Waals surface area contributed by atoms with Crippen molar-refractivity contribution in [2.45, 2.75) is 12.5 Å². The molecule has 80 valence electrons. The molecule has 0 saturated carbocycles. The van der Waals surface area contributed by atoms with E-state index in [-0.39, 0.29) is 30.8 Å². The molecule has 0 bridgehead atoms. The van der Waals surface area contributed by atoms with Gasteiger partial charge in [-0.05, 0) is 22.0 Å². The summed E-state index contributed by atoms with van der Waals surface area (Å²) in [6.07, 6.45) is 0.226. The number of nitrogens with two attached hydrogens (primary N) is 1. The van der Waals surface area contributed by atoms with Gasteiger partial charge in [-0.1, -0.05) is 0 Å². The highest BCUT2D eigenvalue weighted by Crippen LogP contribution is 2.25. The van der Waals surface area contributed by atoms with Crippen molar-refractivity contribution in [2.24, 2.45) is 5.73 Å². The minimum atomic E-state index is -0.281. The van der Waals surface area contributed by atoms with E-state index in [1.165, 1.54) is 18.4 Å². The van der Waals surface area contributed by atoms with E-state index in [2.05, 4.69) is 20.7 Å². The summed E-state index contributed by atoms with van der Waals surface area (Å²) in [7, 11) is 1.36. The highest BCUT2D eigenvalue weighted by molar-refractivity contribution is 9.10. The summed E-state index contributed by atoms with van der Waals surface area (Å²) >= 11 is 4.85. The third-order valence-electron chi connectivity index (χ3n) is 1.57. The van der Waals surface area contributed by atoms with Gasteiger partial charge in [0.2, 0.25) is 0 Å². The lowest BCUT2D eigenvalue weighted by atomic mass is 10.2. The van der Waals surface area contributed by atoms with Crippen LogP contribution >= 0.6 is 39.7 Å². The number of thiophene rings is 1.